The highest BCUT2D eigenvalue weighted by Gasteiger charge is 2.31. The van der Waals surface area contributed by atoms with E-state index < -0.39 is 0 Å². The third-order valence-electron chi connectivity index (χ3n) is 6.25. The van der Waals surface area contributed by atoms with Crippen LogP contribution in [0, 0.1) is 5.92 Å². The van der Waals surface area contributed by atoms with Gasteiger partial charge in [-0.05, 0) is 31.0 Å². The Labute approximate surface area is 201 Å². The molecule has 0 bridgehead atoms. The highest BCUT2D eigenvalue weighted by Crippen LogP contribution is 2.29. The van der Waals surface area contributed by atoms with Gasteiger partial charge in [-0.25, -0.2) is 19.6 Å². The smallest absolute Gasteiger partial charge is 0.227 e. The Hall–Kier alpha value is -2.91. The van der Waals surface area contributed by atoms with E-state index in [0.717, 1.165) is 44.0 Å². The average Bonchev–Trinajstić information content (AvgIpc) is 3.41. The zero-order valence-electron chi connectivity index (χ0n) is 18.0. The maximum Gasteiger partial charge on any atom is 0.227 e. The summed E-state index contributed by atoms with van der Waals surface area (Å²) in [5.41, 5.74) is 1.03. The molecule has 2 aromatic heterocycles. The monoisotopic (exact) mass is 486 g/mol. The third kappa shape index (κ3) is 4.74. The van der Waals surface area contributed by atoms with Crippen LogP contribution in [0.5, 0.6) is 0 Å². The van der Waals surface area contributed by atoms with Crippen LogP contribution in [0.1, 0.15) is 12.8 Å². The van der Waals surface area contributed by atoms with Crippen molar-refractivity contribution in [3.8, 4) is 5.82 Å². The van der Waals surface area contributed by atoms with Crippen molar-refractivity contribution in [1.29, 1.82) is 0 Å². The third-order valence-corrected chi connectivity index (χ3v) is 6.99. The van der Waals surface area contributed by atoms with Crippen molar-refractivity contribution in [2.24, 2.45) is 5.92 Å². The van der Waals surface area contributed by atoms with Gasteiger partial charge in [-0.2, -0.15) is 5.10 Å². The van der Waals surface area contributed by atoms with Gasteiger partial charge in [0.05, 0.1) is 16.0 Å². The van der Waals surface area contributed by atoms with Crippen molar-refractivity contribution in [2.45, 2.75) is 12.8 Å². The Morgan fingerprint density at radius 1 is 0.909 bits per heavy atom. The summed E-state index contributed by atoms with van der Waals surface area (Å²) >= 11 is 12.2. The van der Waals surface area contributed by atoms with Gasteiger partial charge in [0, 0.05) is 51.0 Å². The molecule has 2 saturated heterocycles. The molecule has 1 amide bonds. The van der Waals surface area contributed by atoms with E-state index in [-0.39, 0.29) is 11.8 Å². The topological polar surface area (TPSA) is 83.3 Å². The number of carbonyl (C=O) groups excluding carboxylic acids is 1. The summed E-state index contributed by atoms with van der Waals surface area (Å²) in [5.74, 6) is 1.64. The van der Waals surface area contributed by atoms with Gasteiger partial charge in [0.1, 0.15) is 24.8 Å². The van der Waals surface area contributed by atoms with Crippen molar-refractivity contribution < 1.29 is 4.79 Å². The first-order valence-corrected chi connectivity index (χ1v) is 11.7. The first-order chi connectivity index (χ1) is 16.1. The summed E-state index contributed by atoms with van der Waals surface area (Å²) in [5, 5.41) is 5.23. The van der Waals surface area contributed by atoms with Crippen molar-refractivity contribution in [2.75, 3.05) is 49.1 Å². The number of anilines is 2. The van der Waals surface area contributed by atoms with Crippen molar-refractivity contribution in [3.05, 3.63) is 53.3 Å². The molecule has 3 aromatic rings. The molecule has 2 aliphatic heterocycles. The van der Waals surface area contributed by atoms with Gasteiger partial charge >= 0.3 is 0 Å². The minimum absolute atomic E-state index is 0.0416. The van der Waals surface area contributed by atoms with Crippen LogP contribution in [0.15, 0.2) is 43.2 Å². The molecule has 0 N–H and O–H groups in total. The highest BCUT2D eigenvalue weighted by atomic mass is 35.5. The Morgan fingerprint density at radius 3 is 2.48 bits per heavy atom. The number of aromatic nitrogens is 5. The number of hydrogen-bond acceptors (Lipinski definition) is 7. The molecular weight excluding hydrogens is 463 g/mol. The number of hydrogen-bond donors (Lipinski definition) is 0. The second kappa shape index (κ2) is 9.52. The molecule has 33 heavy (non-hydrogen) atoms. The zero-order chi connectivity index (χ0) is 22.8. The molecule has 1 unspecified atom stereocenters. The van der Waals surface area contributed by atoms with E-state index in [1.165, 1.54) is 12.7 Å². The second-order valence-electron chi connectivity index (χ2n) is 8.27. The number of piperidine rings is 1. The lowest BCUT2D eigenvalue weighted by Gasteiger charge is -2.40. The minimum Gasteiger partial charge on any atom is -0.368 e. The van der Waals surface area contributed by atoms with Crippen LogP contribution < -0.4 is 9.80 Å². The lowest BCUT2D eigenvalue weighted by molar-refractivity contribution is -0.136. The van der Waals surface area contributed by atoms with Gasteiger partial charge in [0.25, 0.3) is 0 Å². The molecule has 1 aromatic carbocycles. The van der Waals surface area contributed by atoms with E-state index in [4.69, 9.17) is 23.2 Å². The Kier molecular flexibility index (Phi) is 6.32. The molecule has 0 aliphatic carbocycles. The summed E-state index contributed by atoms with van der Waals surface area (Å²) in [4.78, 5) is 32.4. The van der Waals surface area contributed by atoms with Crippen LogP contribution in [0.2, 0.25) is 10.0 Å². The van der Waals surface area contributed by atoms with Crippen LogP contribution in [0.4, 0.5) is 11.5 Å². The maximum absolute atomic E-state index is 13.3. The molecule has 2 fully saturated rings. The highest BCUT2D eigenvalue weighted by molar-refractivity contribution is 6.42. The van der Waals surface area contributed by atoms with Crippen LogP contribution in [0.25, 0.3) is 5.82 Å². The molecule has 0 radical (unpaired) electrons. The maximum atomic E-state index is 13.3. The molecule has 5 rings (SSSR count). The summed E-state index contributed by atoms with van der Waals surface area (Å²) in [7, 11) is 0. The van der Waals surface area contributed by atoms with Gasteiger partial charge in [-0.3, -0.25) is 4.79 Å². The minimum atomic E-state index is -0.0416. The van der Waals surface area contributed by atoms with Crippen LogP contribution in [0.3, 0.4) is 0 Å². The van der Waals surface area contributed by atoms with Gasteiger partial charge in [-0.15, -0.1) is 0 Å². The average molecular weight is 487 g/mol. The SMILES string of the molecule is O=C(C1CCCN(c2cc(-n3cncn3)ncn2)C1)N1CCN(c2ccc(Cl)c(Cl)c2)CC1. The summed E-state index contributed by atoms with van der Waals surface area (Å²) in [6.07, 6.45) is 6.44. The van der Waals surface area contributed by atoms with Crippen LogP contribution in [-0.4, -0.2) is 74.8 Å². The lowest BCUT2D eigenvalue weighted by atomic mass is 9.96. The predicted octanol–water partition coefficient (Wildman–Crippen LogP) is 2.93. The number of carbonyl (C=O) groups is 1. The van der Waals surface area contributed by atoms with Crippen LogP contribution >= 0.6 is 23.2 Å². The number of piperazine rings is 1. The number of benzene rings is 1. The Balaban J connectivity index is 1.21. The number of amides is 1. The van der Waals surface area contributed by atoms with Gasteiger partial charge in [0.2, 0.25) is 5.91 Å². The molecule has 2 aliphatic rings. The quantitative estimate of drug-likeness (QED) is 0.560. The summed E-state index contributed by atoms with van der Waals surface area (Å²) in [6.45, 7) is 4.45. The van der Waals surface area contributed by atoms with E-state index in [9.17, 15) is 4.79 Å². The number of nitrogens with zero attached hydrogens (tertiary/aromatic N) is 8. The van der Waals surface area contributed by atoms with E-state index in [2.05, 4.69) is 29.9 Å². The standard InChI is InChI=1S/C22H24Cl2N8O/c23-18-4-3-17(10-19(18)24)29-6-8-30(9-7-29)22(33)16-2-1-5-31(12-16)20-11-21(27-14-26-20)32-15-25-13-28-32/h3-4,10-11,13-16H,1-2,5-9,12H2. The largest absolute Gasteiger partial charge is 0.368 e. The van der Waals surface area contributed by atoms with Gasteiger partial charge in [-0.1, -0.05) is 23.2 Å². The van der Waals surface area contributed by atoms with E-state index >= 15 is 0 Å². The molecule has 11 heteroatoms. The number of rotatable bonds is 4. The predicted molar refractivity (Wildman–Crippen MR) is 127 cm³/mol. The van der Waals surface area contributed by atoms with Crippen molar-refractivity contribution >= 4 is 40.6 Å². The van der Waals surface area contributed by atoms with Crippen molar-refractivity contribution in [1.82, 2.24) is 29.6 Å². The summed E-state index contributed by atoms with van der Waals surface area (Å²) in [6, 6.07) is 7.56. The molecule has 4 heterocycles. The fraction of sp³-hybridized carbons (Fsp3) is 0.409. The van der Waals surface area contributed by atoms with Crippen LogP contribution in [-0.2, 0) is 4.79 Å². The number of halogens is 2. The first kappa shape index (κ1) is 21.9. The molecule has 0 saturated carbocycles. The zero-order valence-corrected chi connectivity index (χ0v) is 19.5. The first-order valence-electron chi connectivity index (χ1n) is 11.0. The molecular formula is C22H24Cl2N8O. The van der Waals surface area contributed by atoms with Gasteiger partial charge in [0.15, 0.2) is 5.82 Å². The van der Waals surface area contributed by atoms with E-state index in [1.807, 2.05) is 29.2 Å². The Morgan fingerprint density at radius 2 is 1.73 bits per heavy atom. The molecule has 172 valence electrons. The summed E-state index contributed by atoms with van der Waals surface area (Å²) < 4.78 is 1.60. The normalized spacial score (nSPS) is 19.1. The van der Waals surface area contributed by atoms with Gasteiger partial charge < -0.3 is 14.7 Å². The van der Waals surface area contributed by atoms with E-state index in [1.54, 1.807) is 11.0 Å². The fourth-order valence-corrected chi connectivity index (χ4v) is 4.77. The molecule has 1 atom stereocenters. The second-order valence-corrected chi connectivity index (χ2v) is 9.08. The molecule has 9 nitrogen and oxygen atoms in total. The fourth-order valence-electron chi connectivity index (χ4n) is 4.47. The van der Waals surface area contributed by atoms with E-state index in [0.29, 0.717) is 35.5 Å². The Bertz CT molecular complexity index is 1120. The van der Waals surface area contributed by atoms with Crippen molar-refractivity contribution in [3.63, 3.8) is 0 Å². The molecule has 0 spiro atoms. The lowest BCUT2D eigenvalue weighted by Crippen LogP contribution is -2.52.